The molecule has 0 unspecified atom stereocenters. The van der Waals surface area contributed by atoms with Crippen LogP contribution >= 0.6 is 0 Å². The largest absolute Gasteiger partial charge is 0.510 e. The van der Waals surface area contributed by atoms with Crippen molar-refractivity contribution < 1.29 is 18.3 Å². The lowest BCUT2D eigenvalue weighted by atomic mass is 10.7. The minimum Gasteiger partial charge on any atom is -0.504 e. The Morgan fingerprint density at radius 3 is 1.47 bits per heavy atom. The summed E-state index contributed by atoms with van der Waals surface area (Å²) in [6, 6.07) is 0. The van der Waals surface area contributed by atoms with E-state index in [4.69, 9.17) is 18.3 Å². The Bertz CT molecular complexity index is 341. The van der Waals surface area contributed by atoms with Gasteiger partial charge in [0, 0.05) is 26.4 Å². The quantitative estimate of drug-likeness (QED) is 0.427. The summed E-state index contributed by atoms with van der Waals surface area (Å²) in [4.78, 5) is 0. The van der Waals surface area contributed by atoms with Crippen LogP contribution in [0.25, 0.3) is 0 Å². The van der Waals surface area contributed by atoms with Crippen LogP contribution in [0.15, 0.2) is 24.7 Å². The lowest BCUT2D eigenvalue weighted by molar-refractivity contribution is 0.275. The van der Waals surface area contributed by atoms with Gasteiger partial charge in [-0.15, -0.1) is 0 Å². The van der Waals surface area contributed by atoms with Crippen molar-refractivity contribution in [2.24, 2.45) is 0 Å². The van der Waals surface area contributed by atoms with E-state index in [1.54, 1.807) is 26.4 Å². The van der Waals surface area contributed by atoms with Crippen molar-refractivity contribution in [1.29, 1.82) is 0 Å². The minimum atomic E-state index is -2.78. The molecule has 0 saturated heterocycles. The molecular weight excluding hydrogens is 236 g/mol. The second kappa shape index (κ2) is 9.55. The Balaban J connectivity index is 4.85. The van der Waals surface area contributed by atoms with Gasteiger partial charge in [-0.3, -0.25) is 0 Å². The molecule has 0 aliphatic carbocycles. The molecule has 0 amide bonds. The monoisotopic (exact) mass is 252 g/mol. The fourth-order valence-corrected chi connectivity index (χ4v) is 1.98. The van der Waals surface area contributed by atoms with E-state index in [0.29, 0.717) is 0 Å². The van der Waals surface area contributed by atoms with E-state index >= 15 is 0 Å². The average Bonchev–Trinajstić information content (AvgIpc) is 2.37. The molecule has 0 aliphatic rings. The molecule has 0 aromatic heterocycles. The van der Waals surface area contributed by atoms with Gasteiger partial charge in [-0.05, 0) is 0 Å². The Morgan fingerprint density at radius 1 is 0.765 bits per heavy atom. The normalized spacial score (nSPS) is 10.6. The number of hydrogen-bond donors (Lipinski definition) is 0. The van der Waals surface area contributed by atoms with Crippen LogP contribution in [-0.2, 0) is 18.3 Å². The average molecular weight is 252 g/mol. The molecule has 0 fully saturated rings. The van der Waals surface area contributed by atoms with Gasteiger partial charge in [0.1, 0.15) is 0 Å². The lowest BCUT2D eigenvalue weighted by Gasteiger charge is -2.13. The summed E-state index contributed by atoms with van der Waals surface area (Å²) in [6.45, 7) is 0. The topological polar surface area (TPSA) is 36.9 Å². The Labute approximate surface area is 103 Å². The molecule has 0 aromatic rings. The highest BCUT2D eigenvalue weighted by Crippen LogP contribution is 2.01. The highest BCUT2D eigenvalue weighted by Gasteiger charge is 2.32. The van der Waals surface area contributed by atoms with Crippen molar-refractivity contribution in [1.82, 2.24) is 0 Å². The standard InChI is InChI=1S/C12H16O4Si/c1-13-9-5-7-11-17(15-3,16-4)12-8-6-10-14-2/h5-6,9-10H,1-4H3/b9-5-,10-6-. The van der Waals surface area contributed by atoms with E-state index in [0.717, 1.165) is 0 Å². The Morgan fingerprint density at radius 2 is 1.18 bits per heavy atom. The summed E-state index contributed by atoms with van der Waals surface area (Å²) in [5.41, 5.74) is 5.75. The van der Waals surface area contributed by atoms with Crippen molar-refractivity contribution in [3.63, 3.8) is 0 Å². The van der Waals surface area contributed by atoms with E-state index in [9.17, 15) is 0 Å². The molecule has 5 heteroatoms. The van der Waals surface area contributed by atoms with Crippen molar-refractivity contribution in [3.05, 3.63) is 24.7 Å². The van der Waals surface area contributed by atoms with Gasteiger partial charge in [0.15, 0.2) is 0 Å². The van der Waals surface area contributed by atoms with Crippen LogP contribution in [0.2, 0.25) is 0 Å². The summed E-state index contributed by atoms with van der Waals surface area (Å²) >= 11 is 0. The molecule has 0 bridgehead atoms. The van der Waals surface area contributed by atoms with Crippen molar-refractivity contribution in [2.75, 3.05) is 28.4 Å². The first kappa shape index (κ1) is 15.3. The molecule has 17 heavy (non-hydrogen) atoms. The van der Waals surface area contributed by atoms with Gasteiger partial charge >= 0.3 is 8.56 Å². The Hall–Kier alpha value is -1.66. The second-order valence-corrected chi connectivity index (χ2v) is 5.19. The first-order valence-corrected chi connectivity index (χ1v) is 6.57. The van der Waals surface area contributed by atoms with Gasteiger partial charge in [0.2, 0.25) is 0 Å². The SMILES string of the molecule is CO/C=C\C#C[Si](C#C/C=C\OC)(OC)OC. The zero-order chi connectivity index (χ0) is 13.0. The third-order valence-electron chi connectivity index (χ3n) is 1.62. The maximum absolute atomic E-state index is 5.27. The van der Waals surface area contributed by atoms with Gasteiger partial charge < -0.3 is 18.3 Å². The second-order valence-electron chi connectivity index (χ2n) is 2.64. The number of ether oxygens (including phenoxy) is 2. The van der Waals surface area contributed by atoms with Crippen LogP contribution in [0.1, 0.15) is 0 Å². The molecular formula is C12H16O4Si. The highest BCUT2D eigenvalue weighted by molar-refractivity contribution is 6.83. The number of allylic oxidation sites excluding steroid dienone is 2. The van der Waals surface area contributed by atoms with Crippen molar-refractivity contribution in [3.8, 4) is 22.9 Å². The van der Waals surface area contributed by atoms with Crippen LogP contribution in [0.3, 0.4) is 0 Å². The molecule has 0 radical (unpaired) electrons. The van der Waals surface area contributed by atoms with Gasteiger partial charge in [0.05, 0.1) is 26.7 Å². The van der Waals surface area contributed by atoms with E-state index in [2.05, 4.69) is 22.9 Å². The fraction of sp³-hybridized carbons (Fsp3) is 0.333. The predicted molar refractivity (Wildman–Crippen MR) is 67.6 cm³/mol. The van der Waals surface area contributed by atoms with Crippen LogP contribution in [0.4, 0.5) is 0 Å². The summed E-state index contributed by atoms with van der Waals surface area (Å²) in [5.74, 6) is 5.54. The number of hydrogen-bond acceptors (Lipinski definition) is 4. The molecule has 0 aliphatic heterocycles. The first-order chi connectivity index (χ1) is 8.24. The van der Waals surface area contributed by atoms with Gasteiger partial charge in [-0.1, -0.05) is 22.9 Å². The number of methoxy groups -OCH3 is 2. The molecule has 4 nitrogen and oxygen atoms in total. The van der Waals surface area contributed by atoms with E-state index in [-0.39, 0.29) is 0 Å². The van der Waals surface area contributed by atoms with Gasteiger partial charge in [0.25, 0.3) is 0 Å². The predicted octanol–water partition coefficient (Wildman–Crippen LogP) is 1.13. The molecule has 0 heterocycles. The van der Waals surface area contributed by atoms with E-state index in [1.165, 1.54) is 26.7 Å². The Kier molecular flexibility index (Phi) is 8.62. The van der Waals surface area contributed by atoms with Crippen LogP contribution in [-0.4, -0.2) is 37.0 Å². The zero-order valence-electron chi connectivity index (χ0n) is 10.4. The highest BCUT2D eigenvalue weighted by atomic mass is 28.4. The van der Waals surface area contributed by atoms with Crippen molar-refractivity contribution in [2.45, 2.75) is 0 Å². The summed E-state index contributed by atoms with van der Waals surface area (Å²) in [7, 11) is 3.37. The molecule has 0 aromatic carbocycles. The van der Waals surface area contributed by atoms with Crippen LogP contribution < -0.4 is 0 Å². The lowest BCUT2D eigenvalue weighted by Crippen LogP contribution is -2.37. The smallest absolute Gasteiger partial charge is 0.504 e. The van der Waals surface area contributed by atoms with Crippen molar-refractivity contribution >= 4 is 8.56 Å². The molecule has 0 saturated carbocycles. The third kappa shape index (κ3) is 6.49. The third-order valence-corrected chi connectivity index (χ3v) is 3.72. The van der Waals surface area contributed by atoms with Crippen LogP contribution in [0.5, 0.6) is 0 Å². The molecule has 0 rings (SSSR count). The van der Waals surface area contributed by atoms with E-state index < -0.39 is 8.56 Å². The maximum atomic E-state index is 5.27. The van der Waals surface area contributed by atoms with Gasteiger partial charge in [-0.2, -0.15) is 0 Å². The van der Waals surface area contributed by atoms with Gasteiger partial charge in [-0.25, -0.2) is 0 Å². The molecule has 0 spiro atoms. The molecule has 0 N–H and O–H groups in total. The minimum absolute atomic E-state index is 1.47. The number of rotatable bonds is 4. The maximum Gasteiger partial charge on any atom is 0.510 e. The first-order valence-electron chi connectivity index (χ1n) is 4.76. The fourth-order valence-electron chi connectivity index (χ4n) is 0.796. The molecule has 92 valence electrons. The van der Waals surface area contributed by atoms with Crippen LogP contribution in [0, 0.1) is 22.9 Å². The zero-order valence-corrected chi connectivity index (χ0v) is 11.4. The molecule has 0 atom stereocenters. The summed E-state index contributed by atoms with van der Waals surface area (Å²) in [6.07, 6.45) is 6.06. The summed E-state index contributed by atoms with van der Waals surface area (Å²) < 4.78 is 20.0. The van der Waals surface area contributed by atoms with E-state index in [1.807, 2.05) is 0 Å². The summed E-state index contributed by atoms with van der Waals surface area (Å²) in [5, 5.41) is 0.